The smallest absolute Gasteiger partial charge is 0.310 e. The number of aliphatic carboxylic acids is 1. The summed E-state index contributed by atoms with van der Waals surface area (Å²) >= 11 is 6.36. The monoisotopic (exact) mass is 464 g/mol. The Morgan fingerprint density at radius 3 is 2.76 bits per heavy atom. The zero-order valence-corrected chi connectivity index (χ0v) is 18.8. The van der Waals surface area contributed by atoms with E-state index in [1.807, 2.05) is 49.1 Å². The van der Waals surface area contributed by atoms with Gasteiger partial charge in [0.05, 0.1) is 17.0 Å². The van der Waals surface area contributed by atoms with Crippen LogP contribution >= 0.6 is 11.6 Å². The quantitative estimate of drug-likeness (QED) is 0.429. The lowest BCUT2D eigenvalue weighted by Crippen LogP contribution is -2.50. The van der Waals surface area contributed by atoms with Crippen molar-refractivity contribution in [2.45, 2.75) is 20.0 Å². The van der Waals surface area contributed by atoms with Crippen LogP contribution in [-0.2, 0) is 4.79 Å². The van der Waals surface area contributed by atoms with Crippen LogP contribution < -0.4 is 9.64 Å². The fraction of sp³-hybridized carbons (Fsp3) is 0.250. The van der Waals surface area contributed by atoms with Crippen molar-refractivity contribution in [3.63, 3.8) is 0 Å². The minimum absolute atomic E-state index is 0.0142. The number of ether oxygens (including phenoxy) is 1. The van der Waals surface area contributed by atoms with Gasteiger partial charge in [-0.25, -0.2) is 4.98 Å². The summed E-state index contributed by atoms with van der Waals surface area (Å²) in [6.07, 6.45) is 1.73. The Labute approximate surface area is 194 Å². The van der Waals surface area contributed by atoms with E-state index < -0.39 is 5.97 Å². The van der Waals surface area contributed by atoms with Crippen molar-refractivity contribution in [1.82, 2.24) is 15.1 Å². The van der Waals surface area contributed by atoms with Crippen LogP contribution in [0.15, 0.2) is 53.2 Å². The zero-order chi connectivity index (χ0) is 23.1. The molecular weight excluding hydrogens is 444 g/mol. The molecule has 0 bridgehead atoms. The SMILES string of the molecule is CC(C)Oc1ccc(-c2nc(-c3cccc4c(N5CC(C(=O)O)C5)nccc34)no2)cc1Cl. The molecule has 2 aromatic heterocycles. The molecule has 2 aromatic carbocycles. The van der Waals surface area contributed by atoms with Crippen molar-refractivity contribution in [2.24, 2.45) is 5.92 Å². The molecule has 0 unspecified atom stereocenters. The maximum absolute atomic E-state index is 11.2. The molecule has 168 valence electrons. The summed E-state index contributed by atoms with van der Waals surface area (Å²) in [7, 11) is 0. The van der Waals surface area contributed by atoms with Crippen molar-refractivity contribution in [3.05, 3.63) is 53.7 Å². The molecule has 1 fully saturated rings. The molecule has 3 heterocycles. The van der Waals surface area contributed by atoms with Gasteiger partial charge >= 0.3 is 5.97 Å². The maximum atomic E-state index is 11.2. The molecule has 4 aromatic rings. The van der Waals surface area contributed by atoms with Crippen LogP contribution in [0.4, 0.5) is 5.82 Å². The first kappa shape index (κ1) is 21.2. The number of benzene rings is 2. The Kier molecular flexibility index (Phi) is 5.38. The van der Waals surface area contributed by atoms with Crippen LogP contribution in [0.2, 0.25) is 5.02 Å². The van der Waals surface area contributed by atoms with E-state index in [1.54, 1.807) is 18.3 Å². The van der Waals surface area contributed by atoms with E-state index in [2.05, 4.69) is 15.1 Å². The van der Waals surface area contributed by atoms with Crippen LogP contribution in [0.1, 0.15) is 13.8 Å². The molecule has 1 aliphatic rings. The second kappa shape index (κ2) is 8.37. The van der Waals surface area contributed by atoms with E-state index in [0.29, 0.717) is 41.1 Å². The molecule has 1 saturated heterocycles. The Bertz CT molecular complexity index is 1350. The molecule has 0 saturated carbocycles. The van der Waals surface area contributed by atoms with Gasteiger partial charge in [-0.1, -0.05) is 35.0 Å². The van der Waals surface area contributed by atoms with Crippen LogP contribution in [-0.4, -0.2) is 45.4 Å². The van der Waals surface area contributed by atoms with E-state index in [1.165, 1.54) is 0 Å². The average Bonchev–Trinajstić information content (AvgIpc) is 3.23. The van der Waals surface area contributed by atoms with Gasteiger partial charge in [0, 0.05) is 35.8 Å². The average molecular weight is 465 g/mol. The topological polar surface area (TPSA) is 102 Å². The first-order valence-electron chi connectivity index (χ1n) is 10.6. The van der Waals surface area contributed by atoms with Gasteiger partial charge in [-0.3, -0.25) is 4.79 Å². The van der Waals surface area contributed by atoms with Gasteiger partial charge in [-0.2, -0.15) is 4.98 Å². The summed E-state index contributed by atoms with van der Waals surface area (Å²) in [5.74, 6) is 0.993. The maximum Gasteiger partial charge on any atom is 0.310 e. The van der Waals surface area contributed by atoms with E-state index in [9.17, 15) is 9.90 Å². The fourth-order valence-corrected chi connectivity index (χ4v) is 4.10. The number of carboxylic acids is 1. The van der Waals surface area contributed by atoms with Crippen molar-refractivity contribution in [3.8, 4) is 28.6 Å². The van der Waals surface area contributed by atoms with Crippen molar-refractivity contribution in [1.29, 1.82) is 0 Å². The Balaban J connectivity index is 1.47. The lowest BCUT2D eigenvalue weighted by atomic mass is 9.98. The van der Waals surface area contributed by atoms with Gasteiger partial charge in [0.1, 0.15) is 11.6 Å². The molecule has 0 radical (unpaired) electrons. The number of fused-ring (bicyclic) bond motifs is 1. The summed E-state index contributed by atoms with van der Waals surface area (Å²) in [6, 6.07) is 13.0. The summed E-state index contributed by atoms with van der Waals surface area (Å²) in [6.45, 7) is 4.75. The van der Waals surface area contributed by atoms with Gasteiger partial charge in [-0.15, -0.1) is 0 Å². The number of carbonyl (C=O) groups is 1. The van der Waals surface area contributed by atoms with Crippen molar-refractivity contribution in [2.75, 3.05) is 18.0 Å². The Morgan fingerprint density at radius 2 is 2.03 bits per heavy atom. The largest absolute Gasteiger partial charge is 0.489 e. The highest BCUT2D eigenvalue weighted by molar-refractivity contribution is 6.32. The second-order valence-corrected chi connectivity index (χ2v) is 8.62. The van der Waals surface area contributed by atoms with E-state index >= 15 is 0 Å². The predicted molar refractivity (Wildman–Crippen MR) is 125 cm³/mol. The number of anilines is 1. The molecule has 0 aliphatic carbocycles. The molecular formula is C24H21ClN4O4. The standard InChI is InChI=1S/C24H21ClN4O4/c1-13(2)32-20-7-6-14(10-19(20)25)23-27-21(28-33-23)17-4-3-5-18-16(17)8-9-26-22(18)29-11-15(12-29)24(30)31/h3-10,13,15H,11-12H2,1-2H3,(H,30,31). The summed E-state index contributed by atoms with van der Waals surface area (Å²) < 4.78 is 11.2. The van der Waals surface area contributed by atoms with Crippen LogP contribution in [0, 0.1) is 5.92 Å². The van der Waals surface area contributed by atoms with Crippen molar-refractivity contribution >= 4 is 34.2 Å². The number of hydrogen-bond donors (Lipinski definition) is 1. The van der Waals surface area contributed by atoms with Gasteiger partial charge in [0.15, 0.2) is 0 Å². The Hall–Kier alpha value is -3.65. The summed E-state index contributed by atoms with van der Waals surface area (Å²) in [5, 5.41) is 15.7. The van der Waals surface area contributed by atoms with Gasteiger partial charge in [0.2, 0.25) is 5.82 Å². The first-order chi connectivity index (χ1) is 15.9. The molecule has 0 spiro atoms. The van der Waals surface area contributed by atoms with Gasteiger partial charge in [-0.05, 0) is 43.5 Å². The first-order valence-corrected chi connectivity index (χ1v) is 10.9. The van der Waals surface area contributed by atoms with Gasteiger partial charge in [0.25, 0.3) is 5.89 Å². The van der Waals surface area contributed by atoms with Crippen molar-refractivity contribution < 1.29 is 19.2 Å². The highest BCUT2D eigenvalue weighted by Gasteiger charge is 2.34. The van der Waals surface area contributed by atoms with Crippen LogP contribution in [0.3, 0.4) is 0 Å². The number of rotatable bonds is 6. The molecule has 8 nitrogen and oxygen atoms in total. The zero-order valence-electron chi connectivity index (χ0n) is 18.0. The lowest BCUT2D eigenvalue weighted by molar-refractivity contribution is -0.142. The third kappa shape index (κ3) is 3.98. The molecule has 9 heteroatoms. The molecule has 5 rings (SSSR count). The van der Waals surface area contributed by atoms with E-state index in [-0.39, 0.29) is 12.0 Å². The molecule has 1 N–H and O–H groups in total. The van der Waals surface area contributed by atoms with E-state index in [0.717, 1.165) is 22.2 Å². The molecule has 33 heavy (non-hydrogen) atoms. The minimum atomic E-state index is -0.782. The summed E-state index contributed by atoms with van der Waals surface area (Å²) in [4.78, 5) is 22.2. The number of carboxylic acid groups (broad SMARTS) is 1. The molecule has 1 aliphatic heterocycles. The fourth-order valence-electron chi connectivity index (χ4n) is 3.88. The Morgan fingerprint density at radius 1 is 1.21 bits per heavy atom. The predicted octanol–water partition coefficient (Wildman–Crippen LogP) is 4.91. The summed E-state index contributed by atoms with van der Waals surface area (Å²) in [5.41, 5.74) is 1.49. The normalized spacial score (nSPS) is 14.0. The number of aromatic nitrogens is 3. The highest BCUT2D eigenvalue weighted by Crippen LogP contribution is 2.36. The molecule has 0 amide bonds. The lowest BCUT2D eigenvalue weighted by Gasteiger charge is -2.38. The number of halogens is 1. The molecule has 0 atom stereocenters. The van der Waals surface area contributed by atoms with Gasteiger partial charge < -0.3 is 19.3 Å². The second-order valence-electron chi connectivity index (χ2n) is 8.21. The number of pyridine rings is 1. The number of hydrogen-bond acceptors (Lipinski definition) is 7. The minimum Gasteiger partial charge on any atom is -0.489 e. The third-order valence-corrected chi connectivity index (χ3v) is 5.82. The third-order valence-electron chi connectivity index (χ3n) is 5.52. The number of nitrogens with zero attached hydrogens (tertiary/aromatic N) is 4. The van der Waals surface area contributed by atoms with Crippen LogP contribution in [0.25, 0.3) is 33.6 Å². The highest BCUT2D eigenvalue weighted by atomic mass is 35.5. The van der Waals surface area contributed by atoms with E-state index in [4.69, 9.17) is 20.9 Å². The van der Waals surface area contributed by atoms with Crippen LogP contribution in [0.5, 0.6) is 5.75 Å².